The van der Waals surface area contributed by atoms with Gasteiger partial charge in [-0.05, 0) is 25.5 Å². The molecule has 0 saturated carbocycles. The van der Waals surface area contributed by atoms with E-state index in [2.05, 4.69) is 5.16 Å². The predicted octanol–water partition coefficient (Wildman–Crippen LogP) is 1.58. The number of rotatable bonds is 5. The number of nitrogens with two attached hydrogens (primary N) is 1. The Kier molecular flexibility index (Phi) is 5.16. The van der Waals surface area contributed by atoms with E-state index in [1.54, 1.807) is 4.90 Å². The Bertz CT molecular complexity index is 504. The Morgan fingerprint density at radius 3 is 2.76 bits per heavy atom. The molecule has 1 heterocycles. The standard InChI is InChI=1S/C15H21N3O3/c1-11-9-12(10-21-11)15(19)18(8-7-14(16)17-20)13-5-3-2-4-6-13/h2-6,11-12,20H,7-10H2,1H3,(H2,16,17). The van der Waals surface area contributed by atoms with Gasteiger partial charge in [-0.2, -0.15) is 0 Å². The number of carbonyl (C=O) groups is 1. The molecule has 2 atom stereocenters. The van der Waals surface area contributed by atoms with Crippen molar-refractivity contribution in [3.8, 4) is 0 Å². The minimum Gasteiger partial charge on any atom is -0.409 e. The summed E-state index contributed by atoms with van der Waals surface area (Å²) in [5.74, 6) is 0.00329. The van der Waals surface area contributed by atoms with Gasteiger partial charge < -0.3 is 20.6 Å². The van der Waals surface area contributed by atoms with Crippen LogP contribution in [0.4, 0.5) is 5.69 Å². The van der Waals surface area contributed by atoms with E-state index in [1.807, 2.05) is 37.3 Å². The van der Waals surface area contributed by atoms with E-state index in [4.69, 9.17) is 15.7 Å². The van der Waals surface area contributed by atoms with Crippen molar-refractivity contribution >= 4 is 17.4 Å². The second kappa shape index (κ2) is 7.08. The molecule has 1 aromatic rings. The van der Waals surface area contributed by atoms with Gasteiger partial charge in [-0.15, -0.1) is 0 Å². The molecule has 1 amide bonds. The van der Waals surface area contributed by atoms with Crippen LogP contribution in [-0.4, -0.2) is 36.2 Å². The number of nitrogens with zero attached hydrogens (tertiary/aromatic N) is 2. The van der Waals surface area contributed by atoms with E-state index < -0.39 is 0 Å². The molecule has 21 heavy (non-hydrogen) atoms. The largest absolute Gasteiger partial charge is 0.409 e. The molecule has 0 aromatic heterocycles. The van der Waals surface area contributed by atoms with Crippen LogP contribution in [-0.2, 0) is 9.53 Å². The van der Waals surface area contributed by atoms with Gasteiger partial charge in [-0.3, -0.25) is 4.79 Å². The first-order valence-electron chi connectivity index (χ1n) is 7.06. The maximum absolute atomic E-state index is 12.7. The van der Waals surface area contributed by atoms with Crippen LogP contribution >= 0.6 is 0 Å². The van der Waals surface area contributed by atoms with E-state index >= 15 is 0 Å². The van der Waals surface area contributed by atoms with Gasteiger partial charge in [-0.1, -0.05) is 23.4 Å². The monoisotopic (exact) mass is 291 g/mol. The summed E-state index contributed by atoms with van der Waals surface area (Å²) in [5, 5.41) is 11.6. The molecule has 0 aliphatic carbocycles. The number of anilines is 1. The highest BCUT2D eigenvalue weighted by Gasteiger charge is 2.32. The lowest BCUT2D eigenvalue weighted by Crippen LogP contribution is -2.38. The molecule has 6 heteroatoms. The van der Waals surface area contributed by atoms with Crippen molar-refractivity contribution in [2.24, 2.45) is 16.8 Å². The van der Waals surface area contributed by atoms with Gasteiger partial charge in [0.05, 0.1) is 18.6 Å². The van der Waals surface area contributed by atoms with Crippen LogP contribution in [0.1, 0.15) is 19.8 Å². The van der Waals surface area contributed by atoms with Gasteiger partial charge in [0, 0.05) is 18.7 Å². The molecule has 1 aromatic carbocycles. The van der Waals surface area contributed by atoms with E-state index in [1.165, 1.54) is 0 Å². The van der Waals surface area contributed by atoms with Gasteiger partial charge in [0.25, 0.3) is 0 Å². The van der Waals surface area contributed by atoms with Crippen LogP contribution in [0.25, 0.3) is 0 Å². The number of oxime groups is 1. The predicted molar refractivity (Wildman–Crippen MR) is 80.3 cm³/mol. The lowest BCUT2D eigenvalue weighted by Gasteiger charge is -2.25. The van der Waals surface area contributed by atoms with E-state index in [9.17, 15) is 4.79 Å². The fraction of sp³-hybridized carbons (Fsp3) is 0.467. The molecule has 1 saturated heterocycles. The average Bonchev–Trinajstić information content (AvgIpc) is 2.94. The maximum atomic E-state index is 12.7. The van der Waals surface area contributed by atoms with Crippen molar-refractivity contribution in [3.63, 3.8) is 0 Å². The highest BCUT2D eigenvalue weighted by Crippen LogP contribution is 2.24. The minimum atomic E-state index is -0.132. The summed E-state index contributed by atoms with van der Waals surface area (Å²) >= 11 is 0. The number of para-hydroxylation sites is 1. The van der Waals surface area contributed by atoms with Crippen LogP contribution in [0.15, 0.2) is 35.5 Å². The lowest BCUT2D eigenvalue weighted by molar-refractivity contribution is -0.122. The van der Waals surface area contributed by atoms with Crippen molar-refractivity contribution in [1.29, 1.82) is 0 Å². The molecule has 6 nitrogen and oxygen atoms in total. The molecule has 0 bridgehead atoms. The molecule has 1 fully saturated rings. The average molecular weight is 291 g/mol. The SMILES string of the molecule is CC1CC(C(=O)N(CC/C(N)=N/O)c2ccccc2)CO1. The third-order valence-electron chi connectivity index (χ3n) is 3.60. The Balaban J connectivity index is 2.13. The van der Waals surface area contributed by atoms with Crippen LogP contribution < -0.4 is 10.6 Å². The van der Waals surface area contributed by atoms with E-state index in [0.29, 0.717) is 19.6 Å². The number of carbonyl (C=O) groups excluding carboxylic acids is 1. The quantitative estimate of drug-likeness (QED) is 0.373. The normalized spacial score (nSPS) is 22.2. The highest BCUT2D eigenvalue weighted by atomic mass is 16.5. The molecular weight excluding hydrogens is 270 g/mol. The first-order valence-corrected chi connectivity index (χ1v) is 7.06. The third-order valence-corrected chi connectivity index (χ3v) is 3.60. The Morgan fingerprint density at radius 2 is 2.19 bits per heavy atom. The fourth-order valence-electron chi connectivity index (χ4n) is 2.46. The van der Waals surface area contributed by atoms with Crippen molar-refractivity contribution in [2.45, 2.75) is 25.9 Å². The van der Waals surface area contributed by atoms with Crippen LogP contribution in [0.5, 0.6) is 0 Å². The Labute approximate surface area is 124 Å². The van der Waals surface area contributed by atoms with Gasteiger partial charge in [0.1, 0.15) is 5.84 Å². The summed E-state index contributed by atoms with van der Waals surface area (Å²) in [6, 6.07) is 9.42. The number of ether oxygens (including phenoxy) is 1. The summed E-state index contributed by atoms with van der Waals surface area (Å²) in [7, 11) is 0. The zero-order valence-electron chi connectivity index (χ0n) is 12.1. The third kappa shape index (κ3) is 3.95. The van der Waals surface area contributed by atoms with Crippen molar-refractivity contribution in [2.75, 3.05) is 18.1 Å². The number of benzene rings is 1. The molecule has 2 rings (SSSR count). The summed E-state index contributed by atoms with van der Waals surface area (Å²) in [5.41, 5.74) is 6.33. The first kappa shape index (κ1) is 15.3. The first-order chi connectivity index (χ1) is 10.1. The summed E-state index contributed by atoms with van der Waals surface area (Å²) in [6.07, 6.45) is 1.16. The Hall–Kier alpha value is -2.08. The zero-order chi connectivity index (χ0) is 15.2. The minimum absolute atomic E-state index is 0.0243. The lowest BCUT2D eigenvalue weighted by atomic mass is 10.0. The molecular formula is C15H21N3O3. The van der Waals surface area contributed by atoms with Gasteiger partial charge in [0.2, 0.25) is 5.91 Å². The molecule has 1 aliphatic rings. The van der Waals surface area contributed by atoms with Crippen molar-refractivity contribution in [3.05, 3.63) is 30.3 Å². The molecule has 1 aliphatic heterocycles. The van der Waals surface area contributed by atoms with Crippen LogP contribution in [0, 0.1) is 5.92 Å². The summed E-state index contributed by atoms with van der Waals surface area (Å²) in [6.45, 7) is 2.80. The molecule has 0 spiro atoms. The van der Waals surface area contributed by atoms with E-state index in [-0.39, 0.29) is 23.8 Å². The summed E-state index contributed by atoms with van der Waals surface area (Å²) in [4.78, 5) is 14.4. The molecule has 2 unspecified atom stereocenters. The number of hydrogen-bond donors (Lipinski definition) is 2. The van der Waals surface area contributed by atoms with Crippen LogP contribution in [0.3, 0.4) is 0 Å². The molecule has 0 radical (unpaired) electrons. The zero-order valence-corrected chi connectivity index (χ0v) is 12.1. The van der Waals surface area contributed by atoms with Crippen molar-refractivity contribution in [1.82, 2.24) is 0 Å². The maximum Gasteiger partial charge on any atom is 0.232 e. The van der Waals surface area contributed by atoms with Crippen molar-refractivity contribution < 1.29 is 14.7 Å². The van der Waals surface area contributed by atoms with Gasteiger partial charge in [-0.25, -0.2) is 0 Å². The second-order valence-corrected chi connectivity index (χ2v) is 5.24. The van der Waals surface area contributed by atoms with Crippen LogP contribution in [0.2, 0.25) is 0 Å². The number of amidine groups is 1. The molecule has 3 N–H and O–H groups in total. The fourth-order valence-corrected chi connectivity index (χ4v) is 2.46. The topological polar surface area (TPSA) is 88.2 Å². The Morgan fingerprint density at radius 1 is 1.48 bits per heavy atom. The summed E-state index contributed by atoms with van der Waals surface area (Å²) < 4.78 is 5.48. The number of amides is 1. The van der Waals surface area contributed by atoms with E-state index in [0.717, 1.165) is 12.1 Å². The molecule has 114 valence electrons. The second-order valence-electron chi connectivity index (χ2n) is 5.24. The van der Waals surface area contributed by atoms with Gasteiger partial charge >= 0.3 is 0 Å². The van der Waals surface area contributed by atoms with Gasteiger partial charge in [0.15, 0.2) is 0 Å². The number of hydrogen-bond acceptors (Lipinski definition) is 4. The smallest absolute Gasteiger partial charge is 0.232 e. The highest BCUT2D eigenvalue weighted by molar-refractivity contribution is 5.96.